The Labute approximate surface area is 114 Å². The molecule has 0 spiro atoms. The molecule has 0 aliphatic rings. The summed E-state index contributed by atoms with van der Waals surface area (Å²) < 4.78 is 7.27. The smallest absolute Gasteiger partial charge is 0.119 e. The molecule has 0 fully saturated rings. The van der Waals surface area contributed by atoms with Gasteiger partial charge in [-0.3, -0.25) is 4.68 Å². The van der Waals surface area contributed by atoms with Crippen molar-refractivity contribution in [2.45, 2.75) is 26.4 Å². The van der Waals surface area contributed by atoms with Crippen LogP contribution < -0.4 is 10.1 Å². The summed E-state index contributed by atoms with van der Waals surface area (Å²) >= 11 is 0. The van der Waals surface area contributed by atoms with Crippen LogP contribution in [0.1, 0.15) is 24.6 Å². The van der Waals surface area contributed by atoms with Crippen LogP contribution in [-0.4, -0.2) is 23.4 Å². The van der Waals surface area contributed by atoms with Gasteiger partial charge in [0.25, 0.3) is 0 Å². The lowest BCUT2D eigenvalue weighted by Crippen LogP contribution is -2.17. The van der Waals surface area contributed by atoms with Crippen LogP contribution in [-0.2, 0) is 13.1 Å². The largest absolute Gasteiger partial charge is 0.497 e. The maximum absolute atomic E-state index is 5.24. The number of rotatable bonds is 7. The minimum absolute atomic E-state index is 0.771. The third-order valence-electron chi connectivity index (χ3n) is 3.00. The standard InChI is InChI=1S/C15H21N3O/c1-3-8-16-11-14-7-9-17-18(14)12-13-5-4-6-15(10-13)19-2/h4-7,9-10,16H,3,8,11-12H2,1-2H3. The molecule has 0 bridgehead atoms. The minimum Gasteiger partial charge on any atom is -0.497 e. The number of hydrogen-bond donors (Lipinski definition) is 1. The molecular formula is C15H21N3O. The summed E-state index contributed by atoms with van der Waals surface area (Å²) in [6, 6.07) is 10.2. The molecule has 0 aliphatic carbocycles. The zero-order valence-corrected chi connectivity index (χ0v) is 11.6. The number of hydrogen-bond acceptors (Lipinski definition) is 3. The van der Waals surface area contributed by atoms with Crippen molar-refractivity contribution in [1.82, 2.24) is 15.1 Å². The molecule has 0 saturated carbocycles. The van der Waals surface area contributed by atoms with E-state index in [9.17, 15) is 0 Å². The third kappa shape index (κ3) is 3.83. The fourth-order valence-corrected chi connectivity index (χ4v) is 1.99. The van der Waals surface area contributed by atoms with E-state index in [4.69, 9.17) is 4.74 Å². The first kappa shape index (κ1) is 13.6. The van der Waals surface area contributed by atoms with Crippen LogP contribution in [0.5, 0.6) is 5.75 Å². The second kappa shape index (κ2) is 6.95. The lowest BCUT2D eigenvalue weighted by atomic mass is 10.2. The van der Waals surface area contributed by atoms with E-state index >= 15 is 0 Å². The summed E-state index contributed by atoms with van der Waals surface area (Å²) in [4.78, 5) is 0. The van der Waals surface area contributed by atoms with E-state index in [1.807, 2.05) is 29.1 Å². The van der Waals surface area contributed by atoms with Crippen molar-refractivity contribution in [1.29, 1.82) is 0 Å². The highest BCUT2D eigenvalue weighted by atomic mass is 16.5. The van der Waals surface area contributed by atoms with E-state index in [1.54, 1.807) is 7.11 Å². The number of benzene rings is 1. The summed E-state index contributed by atoms with van der Waals surface area (Å²) in [5.41, 5.74) is 2.40. The maximum Gasteiger partial charge on any atom is 0.119 e. The van der Waals surface area contributed by atoms with Crippen molar-refractivity contribution in [3.8, 4) is 5.75 Å². The maximum atomic E-state index is 5.24. The van der Waals surface area contributed by atoms with E-state index in [2.05, 4.69) is 29.5 Å². The van der Waals surface area contributed by atoms with Crippen LogP contribution in [0.4, 0.5) is 0 Å². The first-order valence-corrected chi connectivity index (χ1v) is 6.68. The molecule has 19 heavy (non-hydrogen) atoms. The van der Waals surface area contributed by atoms with E-state index in [0.717, 1.165) is 31.8 Å². The Balaban J connectivity index is 2.03. The van der Waals surface area contributed by atoms with Gasteiger partial charge in [-0.05, 0) is 36.7 Å². The van der Waals surface area contributed by atoms with Gasteiger partial charge in [-0.15, -0.1) is 0 Å². The summed E-state index contributed by atoms with van der Waals surface area (Å²) in [7, 11) is 1.69. The molecule has 0 aliphatic heterocycles. The first-order valence-electron chi connectivity index (χ1n) is 6.68. The third-order valence-corrected chi connectivity index (χ3v) is 3.00. The molecule has 1 heterocycles. The van der Waals surface area contributed by atoms with Gasteiger partial charge in [-0.1, -0.05) is 19.1 Å². The fourth-order valence-electron chi connectivity index (χ4n) is 1.99. The summed E-state index contributed by atoms with van der Waals surface area (Å²) in [6.45, 7) is 4.83. The molecule has 0 amide bonds. The van der Waals surface area contributed by atoms with E-state index in [-0.39, 0.29) is 0 Å². The Morgan fingerprint density at radius 1 is 1.32 bits per heavy atom. The van der Waals surface area contributed by atoms with Crippen LogP contribution in [0.3, 0.4) is 0 Å². The Morgan fingerprint density at radius 2 is 2.21 bits per heavy atom. The van der Waals surface area contributed by atoms with Gasteiger partial charge in [0.1, 0.15) is 5.75 Å². The normalized spacial score (nSPS) is 10.6. The second-order valence-electron chi connectivity index (χ2n) is 4.51. The molecule has 0 saturated heterocycles. The number of nitrogens with one attached hydrogen (secondary N) is 1. The van der Waals surface area contributed by atoms with Crippen molar-refractivity contribution in [2.24, 2.45) is 0 Å². The average molecular weight is 259 g/mol. The van der Waals surface area contributed by atoms with Gasteiger partial charge in [-0.2, -0.15) is 5.10 Å². The lowest BCUT2D eigenvalue weighted by molar-refractivity contribution is 0.414. The Morgan fingerprint density at radius 3 is 3.00 bits per heavy atom. The Kier molecular flexibility index (Phi) is 4.98. The van der Waals surface area contributed by atoms with Crippen molar-refractivity contribution < 1.29 is 4.74 Å². The number of aromatic nitrogens is 2. The first-order chi connectivity index (χ1) is 9.33. The quantitative estimate of drug-likeness (QED) is 0.776. The molecule has 2 aromatic rings. The zero-order chi connectivity index (χ0) is 13.5. The molecule has 0 atom stereocenters. The van der Waals surface area contributed by atoms with Gasteiger partial charge in [0, 0.05) is 12.7 Å². The van der Waals surface area contributed by atoms with Gasteiger partial charge in [0.2, 0.25) is 0 Å². The van der Waals surface area contributed by atoms with E-state index in [1.165, 1.54) is 11.3 Å². The molecule has 0 unspecified atom stereocenters. The van der Waals surface area contributed by atoms with Crippen molar-refractivity contribution >= 4 is 0 Å². The van der Waals surface area contributed by atoms with Gasteiger partial charge in [0.15, 0.2) is 0 Å². The summed E-state index contributed by atoms with van der Waals surface area (Å²) in [6.07, 6.45) is 2.99. The molecule has 4 heteroatoms. The van der Waals surface area contributed by atoms with Crippen molar-refractivity contribution in [2.75, 3.05) is 13.7 Å². The number of ether oxygens (including phenoxy) is 1. The highest BCUT2D eigenvalue weighted by Gasteiger charge is 2.03. The zero-order valence-electron chi connectivity index (χ0n) is 11.6. The molecule has 0 radical (unpaired) electrons. The SMILES string of the molecule is CCCNCc1ccnn1Cc1cccc(OC)c1. The van der Waals surface area contributed by atoms with Gasteiger partial charge in [0.05, 0.1) is 19.3 Å². The number of methoxy groups -OCH3 is 1. The average Bonchev–Trinajstić information content (AvgIpc) is 2.87. The van der Waals surface area contributed by atoms with Crippen LogP contribution in [0, 0.1) is 0 Å². The minimum atomic E-state index is 0.771. The van der Waals surface area contributed by atoms with Crippen LogP contribution in [0.2, 0.25) is 0 Å². The summed E-state index contributed by atoms with van der Waals surface area (Å²) in [5.74, 6) is 0.885. The fraction of sp³-hybridized carbons (Fsp3) is 0.400. The lowest BCUT2D eigenvalue weighted by Gasteiger charge is -2.09. The predicted octanol–water partition coefficient (Wildman–Crippen LogP) is 2.44. The molecule has 2 rings (SSSR count). The topological polar surface area (TPSA) is 39.1 Å². The highest BCUT2D eigenvalue weighted by Crippen LogP contribution is 2.14. The predicted molar refractivity (Wildman–Crippen MR) is 76.3 cm³/mol. The molecule has 4 nitrogen and oxygen atoms in total. The van der Waals surface area contributed by atoms with Crippen LogP contribution in [0.15, 0.2) is 36.5 Å². The Bertz CT molecular complexity index is 508. The monoisotopic (exact) mass is 259 g/mol. The van der Waals surface area contributed by atoms with Crippen LogP contribution in [0.25, 0.3) is 0 Å². The summed E-state index contributed by atoms with van der Waals surface area (Å²) in [5, 5.41) is 7.78. The van der Waals surface area contributed by atoms with Gasteiger partial charge in [-0.25, -0.2) is 0 Å². The van der Waals surface area contributed by atoms with Crippen molar-refractivity contribution in [3.63, 3.8) is 0 Å². The second-order valence-corrected chi connectivity index (χ2v) is 4.51. The molecule has 102 valence electrons. The molecule has 1 aromatic heterocycles. The van der Waals surface area contributed by atoms with Crippen molar-refractivity contribution in [3.05, 3.63) is 47.8 Å². The number of nitrogens with zero attached hydrogens (tertiary/aromatic N) is 2. The molecular weight excluding hydrogens is 238 g/mol. The van der Waals surface area contributed by atoms with E-state index in [0.29, 0.717) is 0 Å². The highest BCUT2D eigenvalue weighted by molar-refractivity contribution is 5.28. The van der Waals surface area contributed by atoms with Gasteiger partial charge >= 0.3 is 0 Å². The van der Waals surface area contributed by atoms with Crippen LogP contribution >= 0.6 is 0 Å². The Hall–Kier alpha value is -1.81. The molecule has 1 N–H and O–H groups in total. The van der Waals surface area contributed by atoms with Gasteiger partial charge < -0.3 is 10.1 Å². The van der Waals surface area contributed by atoms with E-state index < -0.39 is 0 Å². The molecule has 1 aromatic carbocycles.